The topological polar surface area (TPSA) is 107 Å². The smallest absolute Gasteiger partial charge is 0.339 e. The third kappa shape index (κ3) is 6.66. The lowest BCUT2D eigenvalue weighted by atomic mass is 10.1. The van der Waals surface area contributed by atoms with Gasteiger partial charge in [0.05, 0.1) is 4.91 Å². The first kappa shape index (κ1) is 24.5. The number of anilines is 1. The van der Waals surface area contributed by atoms with Crippen LogP contribution in [0.2, 0.25) is 0 Å². The van der Waals surface area contributed by atoms with Gasteiger partial charge < -0.3 is 15.5 Å². The lowest BCUT2D eigenvalue weighted by Crippen LogP contribution is -2.29. The number of carboxylic acid groups (broad SMARTS) is 1. The molecule has 1 heterocycles. The number of aromatic hydroxyl groups is 1. The van der Waals surface area contributed by atoms with Gasteiger partial charge in [-0.2, -0.15) is 0 Å². The lowest BCUT2D eigenvalue weighted by Gasteiger charge is -2.14. The summed E-state index contributed by atoms with van der Waals surface area (Å²) in [6.45, 7) is 2.51. The Bertz CT molecular complexity index is 1110. The summed E-state index contributed by atoms with van der Waals surface area (Å²) < 4.78 is 0.542. The zero-order valence-corrected chi connectivity index (χ0v) is 19.7. The standard InChI is InChI=1S/C24H24N2O5S2/c1-15-6-8-16(9-7-15)13-20-22(29)26(24(32)33-20)12-4-2-3-5-21(28)25-17-10-11-18(23(30)31)19(27)14-17/h6-11,13-14,27H,2-5,12H2,1H3,(H,25,28)(H,30,31)/b20-13-. The molecule has 0 aliphatic carbocycles. The van der Waals surface area contributed by atoms with E-state index in [-0.39, 0.29) is 23.8 Å². The molecule has 7 nitrogen and oxygen atoms in total. The number of thioether (sulfide) groups is 1. The molecule has 2 aromatic rings. The van der Waals surface area contributed by atoms with Gasteiger partial charge in [0.15, 0.2) is 0 Å². The fourth-order valence-electron chi connectivity index (χ4n) is 3.25. The van der Waals surface area contributed by atoms with Gasteiger partial charge in [-0.15, -0.1) is 0 Å². The van der Waals surface area contributed by atoms with Gasteiger partial charge in [0.1, 0.15) is 15.6 Å². The third-order valence-electron chi connectivity index (χ3n) is 5.05. The Morgan fingerprint density at radius 1 is 1.12 bits per heavy atom. The number of unbranched alkanes of at least 4 members (excludes halogenated alkanes) is 2. The molecular weight excluding hydrogens is 460 g/mol. The zero-order chi connectivity index (χ0) is 24.0. The van der Waals surface area contributed by atoms with Gasteiger partial charge in [-0.05, 0) is 43.5 Å². The zero-order valence-electron chi connectivity index (χ0n) is 18.0. The van der Waals surface area contributed by atoms with E-state index in [4.69, 9.17) is 17.3 Å². The first-order valence-electron chi connectivity index (χ1n) is 10.4. The van der Waals surface area contributed by atoms with Crippen molar-refractivity contribution >= 4 is 57.8 Å². The van der Waals surface area contributed by atoms with Crippen LogP contribution in [0.4, 0.5) is 5.69 Å². The van der Waals surface area contributed by atoms with Crippen LogP contribution in [0, 0.1) is 6.92 Å². The van der Waals surface area contributed by atoms with Crippen LogP contribution in [0.3, 0.4) is 0 Å². The van der Waals surface area contributed by atoms with E-state index in [1.54, 1.807) is 4.90 Å². The lowest BCUT2D eigenvalue weighted by molar-refractivity contribution is -0.122. The van der Waals surface area contributed by atoms with Crippen LogP contribution in [0.25, 0.3) is 6.08 Å². The van der Waals surface area contributed by atoms with Gasteiger partial charge >= 0.3 is 5.97 Å². The molecule has 9 heteroatoms. The SMILES string of the molecule is Cc1ccc(/C=C2\SC(=S)N(CCCCCC(=O)Nc3ccc(C(=O)O)c(O)c3)C2=O)cc1. The molecule has 3 N–H and O–H groups in total. The highest BCUT2D eigenvalue weighted by molar-refractivity contribution is 8.26. The molecule has 0 aromatic heterocycles. The molecule has 1 saturated heterocycles. The van der Waals surface area contributed by atoms with E-state index in [0.717, 1.165) is 17.5 Å². The molecule has 1 fully saturated rings. The summed E-state index contributed by atoms with van der Waals surface area (Å²) in [6.07, 6.45) is 4.20. The number of phenols is 1. The summed E-state index contributed by atoms with van der Waals surface area (Å²) in [4.78, 5) is 37.9. The van der Waals surface area contributed by atoms with E-state index in [2.05, 4.69) is 5.32 Å². The fraction of sp³-hybridized carbons (Fsp3) is 0.250. The molecular formula is C24H24N2O5S2. The highest BCUT2D eigenvalue weighted by Crippen LogP contribution is 2.32. The maximum absolute atomic E-state index is 12.7. The van der Waals surface area contributed by atoms with E-state index in [0.29, 0.717) is 34.3 Å². The number of amides is 2. The first-order valence-corrected chi connectivity index (χ1v) is 11.7. The Kier molecular flexibility index (Phi) is 8.24. The second-order valence-corrected chi connectivity index (χ2v) is 9.32. The number of nitrogens with one attached hydrogen (secondary N) is 1. The highest BCUT2D eigenvalue weighted by atomic mass is 32.2. The molecule has 33 heavy (non-hydrogen) atoms. The van der Waals surface area contributed by atoms with Crippen LogP contribution in [0.1, 0.15) is 47.2 Å². The van der Waals surface area contributed by atoms with E-state index >= 15 is 0 Å². The monoisotopic (exact) mass is 484 g/mol. The van der Waals surface area contributed by atoms with Gasteiger partial charge in [-0.1, -0.05) is 60.2 Å². The number of carboxylic acids is 1. The predicted molar refractivity (Wildman–Crippen MR) is 133 cm³/mol. The van der Waals surface area contributed by atoms with Crippen molar-refractivity contribution in [3.63, 3.8) is 0 Å². The van der Waals surface area contributed by atoms with Gasteiger partial charge in [0.2, 0.25) is 5.91 Å². The molecule has 1 aliphatic heterocycles. The quantitative estimate of drug-likeness (QED) is 0.267. The van der Waals surface area contributed by atoms with Crippen molar-refractivity contribution in [1.82, 2.24) is 4.90 Å². The van der Waals surface area contributed by atoms with Crippen molar-refractivity contribution in [2.24, 2.45) is 0 Å². The maximum atomic E-state index is 12.7. The number of thiocarbonyl (C=S) groups is 1. The Hall–Kier alpha value is -3.17. The largest absolute Gasteiger partial charge is 0.507 e. The second-order valence-electron chi connectivity index (χ2n) is 7.64. The van der Waals surface area contributed by atoms with E-state index < -0.39 is 11.7 Å². The number of carbonyl (C=O) groups is 3. The minimum atomic E-state index is -1.24. The molecule has 0 saturated carbocycles. The van der Waals surface area contributed by atoms with Crippen molar-refractivity contribution in [1.29, 1.82) is 0 Å². The molecule has 172 valence electrons. The van der Waals surface area contributed by atoms with Crippen molar-refractivity contribution in [3.8, 4) is 5.75 Å². The predicted octanol–water partition coefficient (Wildman–Crippen LogP) is 4.80. The van der Waals surface area contributed by atoms with Gasteiger partial charge in [-0.3, -0.25) is 14.5 Å². The van der Waals surface area contributed by atoms with E-state index in [9.17, 15) is 19.5 Å². The summed E-state index contributed by atoms with van der Waals surface area (Å²) in [5.74, 6) is -1.96. The highest BCUT2D eigenvalue weighted by Gasteiger charge is 2.31. The number of benzene rings is 2. The van der Waals surface area contributed by atoms with Crippen molar-refractivity contribution in [2.75, 3.05) is 11.9 Å². The average Bonchev–Trinajstić information content (AvgIpc) is 3.02. The number of aromatic carboxylic acids is 1. The Morgan fingerprint density at radius 3 is 2.52 bits per heavy atom. The summed E-state index contributed by atoms with van der Waals surface area (Å²) in [7, 11) is 0. The number of nitrogens with zero attached hydrogens (tertiary/aromatic N) is 1. The molecule has 0 unspecified atom stereocenters. The fourth-order valence-corrected chi connectivity index (χ4v) is 4.56. The summed E-state index contributed by atoms with van der Waals surface area (Å²) >= 11 is 6.67. The van der Waals surface area contributed by atoms with Gasteiger partial charge in [0, 0.05) is 24.7 Å². The van der Waals surface area contributed by atoms with Gasteiger partial charge in [0.25, 0.3) is 5.91 Å². The van der Waals surface area contributed by atoms with E-state index in [1.165, 1.54) is 30.0 Å². The maximum Gasteiger partial charge on any atom is 0.339 e. The van der Waals surface area contributed by atoms with Crippen LogP contribution >= 0.6 is 24.0 Å². The van der Waals surface area contributed by atoms with Crippen LogP contribution < -0.4 is 5.32 Å². The summed E-state index contributed by atoms with van der Waals surface area (Å²) in [5, 5.41) is 21.3. The second kappa shape index (κ2) is 11.1. The molecule has 2 amide bonds. The number of hydrogen-bond donors (Lipinski definition) is 3. The number of rotatable bonds is 9. The molecule has 0 radical (unpaired) electrons. The van der Waals surface area contributed by atoms with Crippen LogP contribution in [-0.2, 0) is 9.59 Å². The Labute approximate surface area is 201 Å². The van der Waals surface area contributed by atoms with Crippen molar-refractivity contribution in [3.05, 3.63) is 64.1 Å². The molecule has 3 rings (SSSR count). The summed E-state index contributed by atoms with van der Waals surface area (Å²) in [5.41, 5.74) is 2.22. The molecule has 0 spiro atoms. The van der Waals surface area contributed by atoms with Crippen molar-refractivity contribution in [2.45, 2.75) is 32.6 Å². The molecule has 2 aromatic carbocycles. The average molecular weight is 485 g/mol. The molecule has 0 atom stereocenters. The molecule has 1 aliphatic rings. The van der Waals surface area contributed by atoms with E-state index in [1.807, 2.05) is 37.3 Å². The number of aryl methyl sites for hydroxylation is 1. The number of carbonyl (C=O) groups excluding carboxylic acids is 2. The van der Waals surface area contributed by atoms with Crippen LogP contribution in [0.5, 0.6) is 5.75 Å². The van der Waals surface area contributed by atoms with Crippen LogP contribution in [-0.4, -0.2) is 43.8 Å². The summed E-state index contributed by atoms with van der Waals surface area (Å²) in [6, 6.07) is 11.8. The van der Waals surface area contributed by atoms with Gasteiger partial charge in [-0.25, -0.2) is 4.79 Å². The minimum absolute atomic E-state index is 0.0899. The Morgan fingerprint density at radius 2 is 1.85 bits per heavy atom. The van der Waals surface area contributed by atoms with Crippen LogP contribution in [0.15, 0.2) is 47.4 Å². The van der Waals surface area contributed by atoms with Crippen molar-refractivity contribution < 1.29 is 24.6 Å². The first-order chi connectivity index (χ1) is 15.7. The normalized spacial score (nSPS) is 14.7. The molecule has 0 bridgehead atoms. The third-order valence-corrected chi connectivity index (χ3v) is 6.42. The number of hydrogen-bond acceptors (Lipinski definition) is 6. The minimum Gasteiger partial charge on any atom is -0.507 e. The Balaban J connectivity index is 1.41.